The fourth-order valence-corrected chi connectivity index (χ4v) is 4.12. The van der Waals surface area contributed by atoms with Gasteiger partial charge in [0.25, 0.3) is 5.91 Å². The molecule has 0 bridgehead atoms. The summed E-state index contributed by atoms with van der Waals surface area (Å²) in [4.78, 5) is 17.6. The van der Waals surface area contributed by atoms with Crippen molar-refractivity contribution in [3.8, 4) is 22.5 Å². The maximum Gasteiger partial charge on any atom is 0.255 e. The van der Waals surface area contributed by atoms with Crippen molar-refractivity contribution in [2.75, 3.05) is 0 Å². The summed E-state index contributed by atoms with van der Waals surface area (Å²) in [5.41, 5.74) is -1.91. The fraction of sp³-hybridized carbons (Fsp3) is 0.381. The van der Waals surface area contributed by atoms with Crippen LogP contribution in [0.5, 0.6) is 0 Å². The smallest absolute Gasteiger partial charge is 0.255 e. The average molecular weight is 481 g/mol. The number of nitrogens with one attached hydrogen (secondary N) is 1. The molecule has 12 heteroatoms. The van der Waals surface area contributed by atoms with Gasteiger partial charge in [-0.15, -0.1) is 10.2 Å². The Morgan fingerprint density at radius 2 is 2.09 bits per heavy atom. The van der Waals surface area contributed by atoms with Crippen LogP contribution in [0, 0.1) is 11.6 Å². The number of aliphatic hydroxyl groups is 1. The quantitative estimate of drug-likeness (QED) is 0.580. The lowest BCUT2D eigenvalue weighted by atomic mass is 9.98. The zero-order valence-electron chi connectivity index (χ0n) is 17.7. The van der Waals surface area contributed by atoms with Gasteiger partial charge in [-0.1, -0.05) is 11.6 Å². The van der Waals surface area contributed by atoms with Gasteiger partial charge < -0.3 is 10.4 Å². The minimum absolute atomic E-state index is 0.0128. The number of aromatic nitrogens is 5. The highest BCUT2D eigenvalue weighted by Gasteiger charge is 2.48. The Morgan fingerprint density at radius 3 is 2.70 bits per heavy atom. The van der Waals surface area contributed by atoms with Crippen molar-refractivity contribution >= 4 is 17.5 Å². The fourth-order valence-electron chi connectivity index (χ4n) is 3.92. The summed E-state index contributed by atoms with van der Waals surface area (Å²) in [5.74, 6) is -2.45. The van der Waals surface area contributed by atoms with E-state index in [1.165, 1.54) is 26.2 Å². The maximum absolute atomic E-state index is 15.0. The molecular formula is C21H20ClF3N6O2. The summed E-state index contributed by atoms with van der Waals surface area (Å²) in [6.07, 6.45) is 0.0458. The first-order chi connectivity index (χ1) is 15.6. The zero-order valence-corrected chi connectivity index (χ0v) is 18.4. The van der Waals surface area contributed by atoms with Gasteiger partial charge in [0.15, 0.2) is 5.60 Å². The second-order valence-electron chi connectivity index (χ2n) is 7.98. The van der Waals surface area contributed by atoms with Crippen molar-refractivity contribution in [3.05, 3.63) is 46.7 Å². The third-order valence-electron chi connectivity index (χ3n) is 5.65. The number of hydrogen-bond acceptors (Lipinski definition) is 6. The second kappa shape index (κ2) is 8.71. The van der Waals surface area contributed by atoms with Crippen LogP contribution < -0.4 is 5.32 Å². The highest BCUT2D eigenvalue weighted by atomic mass is 35.5. The number of rotatable bonds is 5. The van der Waals surface area contributed by atoms with E-state index in [1.807, 2.05) is 0 Å². The van der Waals surface area contributed by atoms with Crippen molar-refractivity contribution < 1.29 is 23.1 Å². The molecule has 1 aromatic carbocycles. The lowest BCUT2D eigenvalue weighted by molar-refractivity contribution is -0.145. The van der Waals surface area contributed by atoms with Crippen LogP contribution >= 0.6 is 11.6 Å². The number of carbonyl (C=O) groups excluding carboxylic acids is 1. The number of hydrogen-bond donors (Lipinski definition) is 2. The largest absolute Gasteiger partial charge is 0.377 e. The summed E-state index contributed by atoms with van der Waals surface area (Å²) in [7, 11) is 1.52. The first-order valence-electron chi connectivity index (χ1n) is 10.2. The molecule has 4 rings (SSSR count). The van der Waals surface area contributed by atoms with Gasteiger partial charge in [0, 0.05) is 16.8 Å². The molecule has 0 aliphatic heterocycles. The lowest BCUT2D eigenvalue weighted by Crippen LogP contribution is -2.51. The van der Waals surface area contributed by atoms with Crippen molar-refractivity contribution in [3.63, 3.8) is 0 Å². The van der Waals surface area contributed by atoms with Gasteiger partial charge in [-0.05, 0) is 55.2 Å². The van der Waals surface area contributed by atoms with E-state index in [9.17, 15) is 18.7 Å². The van der Waals surface area contributed by atoms with Crippen molar-refractivity contribution in [1.29, 1.82) is 0 Å². The Hall–Kier alpha value is -3.05. The topological polar surface area (TPSA) is 106 Å². The van der Waals surface area contributed by atoms with E-state index in [2.05, 4.69) is 25.7 Å². The average Bonchev–Trinajstić information content (AvgIpc) is 3.33. The van der Waals surface area contributed by atoms with Crippen molar-refractivity contribution in [2.45, 2.75) is 44.0 Å². The van der Waals surface area contributed by atoms with E-state index < -0.39 is 35.4 Å². The monoisotopic (exact) mass is 480 g/mol. The molecule has 2 N–H and O–H groups in total. The number of tetrazole rings is 1. The lowest BCUT2D eigenvalue weighted by Gasteiger charge is -2.26. The van der Waals surface area contributed by atoms with E-state index in [-0.39, 0.29) is 46.1 Å². The van der Waals surface area contributed by atoms with E-state index in [1.54, 1.807) is 0 Å². The molecule has 1 fully saturated rings. The molecule has 1 amide bonds. The second-order valence-corrected chi connectivity index (χ2v) is 8.42. The van der Waals surface area contributed by atoms with Crippen LogP contribution in [0.2, 0.25) is 5.02 Å². The Labute approximate surface area is 191 Å². The molecular weight excluding hydrogens is 461 g/mol. The molecule has 1 aliphatic carbocycles. The van der Waals surface area contributed by atoms with Crippen molar-refractivity contribution in [2.24, 2.45) is 7.05 Å². The molecule has 2 heterocycles. The van der Waals surface area contributed by atoms with E-state index in [0.717, 1.165) is 16.9 Å². The van der Waals surface area contributed by atoms with Crippen LogP contribution in [-0.2, 0) is 11.8 Å². The molecule has 8 nitrogen and oxygen atoms in total. The maximum atomic E-state index is 15.0. The van der Waals surface area contributed by atoms with Crippen LogP contribution in [0.1, 0.15) is 37.9 Å². The highest BCUT2D eigenvalue weighted by molar-refractivity contribution is 6.31. The summed E-state index contributed by atoms with van der Waals surface area (Å²) in [6, 6.07) is 2.66. The van der Waals surface area contributed by atoms with Gasteiger partial charge in [0.1, 0.15) is 17.8 Å². The van der Waals surface area contributed by atoms with Crippen LogP contribution in [0.3, 0.4) is 0 Å². The molecule has 33 heavy (non-hydrogen) atoms. The highest BCUT2D eigenvalue weighted by Crippen LogP contribution is 2.36. The standard InChI is InChI=1S/C21H20ClF3N6O2/c1-10(27-20(32)21(33)5-3-4-16(21)25)18-15(24)6-11(9-26-18)13-7-12(22)8-14(23)17(13)19-28-30-31(2)29-19/h6-10,16,33H,3-5H2,1-2H3,(H,27,32). The first-order valence-corrected chi connectivity index (χ1v) is 10.5. The third-order valence-corrected chi connectivity index (χ3v) is 5.87. The van der Waals surface area contributed by atoms with E-state index in [0.29, 0.717) is 6.42 Å². The summed E-state index contributed by atoms with van der Waals surface area (Å²) < 4.78 is 43.7. The Kier molecular flexibility index (Phi) is 6.10. The van der Waals surface area contributed by atoms with Crippen LogP contribution in [0.15, 0.2) is 24.4 Å². The van der Waals surface area contributed by atoms with Crippen LogP contribution in [-0.4, -0.2) is 48.0 Å². The Bertz CT molecular complexity index is 1220. The molecule has 1 aliphatic rings. The van der Waals surface area contributed by atoms with Crippen LogP contribution in [0.25, 0.3) is 22.5 Å². The molecule has 3 atom stereocenters. The minimum Gasteiger partial charge on any atom is -0.377 e. The van der Waals surface area contributed by atoms with Gasteiger partial charge in [-0.25, -0.2) is 13.2 Å². The molecule has 3 unspecified atom stereocenters. The molecule has 2 aromatic heterocycles. The number of nitrogens with zero attached hydrogens (tertiary/aromatic N) is 5. The van der Waals surface area contributed by atoms with E-state index in [4.69, 9.17) is 11.6 Å². The summed E-state index contributed by atoms with van der Waals surface area (Å²) in [5, 5.41) is 24.3. The predicted molar refractivity (Wildman–Crippen MR) is 113 cm³/mol. The number of benzene rings is 1. The van der Waals surface area contributed by atoms with Gasteiger partial charge >= 0.3 is 0 Å². The molecule has 0 radical (unpaired) electrons. The molecule has 0 saturated heterocycles. The number of amides is 1. The number of pyridine rings is 1. The number of alkyl halides is 1. The Morgan fingerprint density at radius 1 is 1.33 bits per heavy atom. The zero-order chi connectivity index (χ0) is 23.9. The molecule has 1 saturated carbocycles. The number of halogens is 4. The van der Waals surface area contributed by atoms with Crippen LogP contribution in [0.4, 0.5) is 13.2 Å². The van der Waals surface area contributed by atoms with Gasteiger partial charge in [-0.2, -0.15) is 4.80 Å². The van der Waals surface area contributed by atoms with Gasteiger partial charge in [-0.3, -0.25) is 9.78 Å². The molecule has 3 aromatic rings. The minimum atomic E-state index is -2.14. The third kappa shape index (κ3) is 4.30. The summed E-state index contributed by atoms with van der Waals surface area (Å²) >= 11 is 6.01. The molecule has 174 valence electrons. The van der Waals surface area contributed by atoms with Gasteiger partial charge in [0.2, 0.25) is 5.82 Å². The Balaban J connectivity index is 1.65. The number of aryl methyl sites for hydroxylation is 1. The normalized spacial score (nSPS) is 21.2. The molecule has 0 spiro atoms. The SMILES string of the molecule is CC(NC(=O)C1(O)CCCC1F)c1ncc(-c2cc(Cl)cc(F)c2-c2nnn(C)n2)cc1F. The number of carbonyl (C=O) groups is 1. The first kappa shape index (κ1) is 23.1. The van der Waals surface area contributed by atoms with E-state index >= 15 is 4.39 Å². The predicted octanol–water partition coefficient (Wildman–Crippen LogP) is 3.30. The van der Waals surface area contributed by atoms with Crippen molar-refractivity contribution in [1.82, 2.24) is 30.5 Å². The summed E-state index contributed by atoms with van der Waals surface area (Å²) in [6.45, 7) is 1.46. The van der Waals surface area contributed by atoms with Gasteiger partial charge in [0.05, 0.1) is 24.3 Å².